The van der Waals surface area contributed by atoms with Gasteiger partial charge in [0.2, 0.25) is 0 Å². The maximum Gasteiger partial charge on any atom is 0.138 e. The van der Waals surface area contributed by atoms with E-state index in [1.165, 1.54) is 12.8 Å². The molecule has 0 spiro atoms. The highest BCUT2D eigenvalue weighted by Gasteiger charge is 2.25. The molecule has 0 amide bonds. The lowest BCUT2D eigenvalue weighted by atomic mass is 9.96. The SMILES string of the molecule is CC1CN(CC2CCCOC2)CCC1=O. The molecule has 15 heavy (non-hydrogen) atoms. The second kappa shape index (κ2) is 5.08. The van der Waals surface area contributed by atoms with Gasteiger partial charge in [-0.05, 0) is 18.8 Å². The molecule has 2 saturated heterocycles. The molecule has 0 saturated carbocycles. The van der Waals surface area contributed by atoms with Crippen LogP contribution in [0, 0.1) is 11.8 Å². The average molecular weight is 211 g/mol. The molecule has 2 aliphatic heterocycles. The number of ether oxygens (including phenoxy) is 1. The molecule has 86 valence electrons. The smallest absolute Gasteiger partial charge is 0.138 e. The minimum Gasteiger partial charge on any atom is -0.381 e. The van der Waals surface area contributed by atoms with Crippen LogP contribution in [-0.2, 0) is 9.53 Å². The topological polar surface area (TPSA) is 29.5 Å². The molecule has 2 atom stereocenters. The standard InChI is InChI=1S/C12H21NO2/c1-10-7-13(5-4-12(10)14)8-11-3-2-6-15-9-11/h10-11H,2-9H2,1H3. The van der Waals surface area contributed by atoms with Gasteiger partial charge in [-0.25, -0.2) is 0 Å². The zero-order valence-corrected chi connectivity index (χ0v) is 9.58. The van der Waals surface area contributed by atoms with Crippen LogP contribution in [-0.4, -0.2) is 43.5 Å². The number of carbonyl (C=O) groups excluding carboxylic acids is 1. The van der Waals surface area contributed by atoms with Gasteiger partial charge < -0.3 is 9.64 Å². The van der Waals surface area contributed by atoms with Gasteiger partial charge in [-0.15, -0.1) is 0 Å². The normalized spacial score (nSPS) is 34.3. The molecule has 2 heterocycles. The van der Waals surface area contributed by atoms with Crippen molar-refractivity contribution in [1.29, 1.82) is 0 Å². The third kappa shape index (κ3) is 3.02. The first kappa shape index (κ1) is 11.1. The van der Waals surface area contributed by atoms with Crippen molar-refractivity contribution in [3.05, 3.63) is 0 Å². The highest BCUT2D eigenvalue weighted by molar-refractivity contribution is 5.81. The first-order chi connectivity index (χ1) is 7.25. The molecule has 0 bridgehead atoms. The van der Waals surface area contributed by atoms with E-state index in [2.05, 4.69) is 4.90 Å². The summed E-state index contributed by atoms with van der Waals surface area (Å²) in [6, 6.07) is 0. The van der Waals surface area contributed by atoms with Crippen LogP contribution in [0.5, 0.6) is 0 Å². The summed E-state index contributed by atoms with van der Waals surface area (Å²) in [5.74, 6) is 1.37. The number of ketones is 1. The van der Waals surface area contributed by atoms with E-state index >= 15 is 0 Å². The van der Waals surface area contributed by atoms with Gasteiger partial charge in [-0.1, -0.05) is 6.92 Å². The summed E-state index contributed by atoms with van der Waals surface area (Å²) >= 11 is 0. The van der Waals surface area contributed by atoms with Crippen LogP contribution in [0.25, 0.3) is 0 Å². The molecule has 0 aliphatic carbocycles. The number of rotatable bonds is 2. The predicted octanol–water partition coefficient (Wildman–Crippen LogP) is 1.32. The van der Waals surface area contributed by atoms with Crippen molar-refractivity contribution >= 4 is 5.78 Å². The summed E-state index contributed by atoms with van der Waals surface area (Å²) in [7, 11) is 0. The van der Waals surface area contributed by atoms with Gasteiger partial charge in [0, 0.05) is 38.6 Å². The van der Waals surface area contributed by atoms with Crippen molar-refractivity contribution < 1.29 is 9.53 Å². The third-order valence-corrected chi connectivity index (χ3v) is 3.53. The molecule has 0 N–H and O–H groups in total. The second-order valence-corrected chi connectivity index (χ2v) is 4.96. The van der Waals surface area contributed by atoms with Crippen LogP contribution in [0.3, 0.4) is 0 Å². The van der Waals surface area contributed by atoms with Crippen molar-refractivity contribution in [2.45, 2.75) is 26.2 Å². The fourth-order valence-corrected chi connectivity index (χ4v) is 2.58. The molecule has 2 aliphatic rings. The van der Waals surface area contributed by atoms with Crippen molar-refractivity contribution in [3.63, 3.8) is 0 Å². The minimum atomic E-state index is 0.239. The quantitative estimate of drug-likeness (QED) is 0.690. The zero-order chi connectivity index (χ0) is 10.7. The Morgan fingerprint density at radius 1 is 1.53 bits per heavy atom. The molecule has 3 heteroatoms. The Balaban J connectivity index is 1.76. The number of nitrogens with zero attached hydrogens (tertiary/aromatic N) is 1. The van der Waals surface area contributed by atoms with E-state index in [1.807, 2.05) is 6.92 Å². The van der Waals surface area contributed by atoms with Crippen LogP contribution >= 0.6 is 0 Å². The number of Topliss-reactive ketones (excluding diaryl/α,β-unsaturated/α-hetero) is 1. The maximum absolute atomic E-state index is 11.4. The van der Waals surface area contributed by atoms with Crippen molar-refractivity contribution in [2.75, 3.05) is 32.8 Å². The number of likely N-dealkylation sites (tertiary alicyclic amines) is 1. The third-order valence-electron chi connectivity index (χ3n) is 3.53. The number of hydrogen-bond donors (Lipinski definition) is 0. The molecule has 0 aromatic heterocycles. The zero-order valence-electron chi connectivity index (χ0n) is 9.58. The Kier molecular flexibility index (Phi) is 3.76. The first-order valence-corrected chi connectivity index (χ1v) is 6.08. The van der Waals surface area contributed by atoms with Gasteiger partial charge in [-0.2, -0.15) is 0 Å². The summed E-state index contributed by atoms with van der Waals surface area (Å²) in [6.45, 7) is 6.93. The van der Waals surface area contributed by atoms with Crippen LogP contribution in [0.1, 0.15) is 26.2 Å². The molecule has 2 rings (SSSR count). The second-order valence-electron chi connectivity index (χ2n) is 4.96. The van der Waals surface area contributed by atoms with Crippen LogP contribution in [0.15, 0.2) is 0 Å². The van der Waals surface area contributed by atoms with Gasteiger partial charge in [0.1, 0.15) is 5.78 Å². The minimum absolute atomic E-state index is 0.239. The average Bonchev–Trinajstić information content (AvgIpc) is 2.25. The Bertz CT molecular complexity index is 224. The molecule has 0 aromatic carbocycles. The molecule has 3 nitrogen and oxygen atoms in total. The van der Waals surface area contributed by atoms with Crippen LogP contribution < -0.4 is 0 Å². The Hall–Kier alpha value is -0.410. The van der Waals surface area contributed by atoms with Crippen molar-refractivity contribution in [2.24, 2.45) is 11.8 Å². The van der Waals surface area contributed by atoms with Crippen LogP contribution in [0.2, 0.25) is 0 Å². The van der Waals surface area contributed by atoms with E-state index in [1.54, 1.807) is 0 Å². The van der Waals surface area contributed by atoms with E-state index in [0.29, 0.717) is 11.7 Å². The molecule has 0 radical (unpaired) electrons. The predicted molar refractivity (Wildman–Crippen MR) is 58.8 cm³/mol. The lowest BCUT2D eigenvalue weighted by molar-refractivity contribution is -0.125. The van der Waals surface area contributed by atoms with Gasteiger partial charge in [0.05, 0.1) is 6.61 Å². The van der Waals surface area contributed by atoms with Crippen molar-refractivity contribution in [3.8, 4) is 0 Å². The van der Waals surface area contributed by atoms with Gasteiger partial charge >= 0.3 is 0 Å². The number of hydrogen-bond acceptors (Lipinski definition) is 3. The molecule has 2 fully saturated rings. The Labute approximate surface area is 91.8 Å². The number of carbonyl (C=O) groups is 1. The fourth-order valence-electron chi connectivity index (χ4n) is 2.58. The summed E-state index contributed by atoms with van der Waals surface area (Å²) in [4.78, 5) is 13.8. The van der Waals surface area contributed by atoms with E-state index in [4.69, 9.17) is 4.74 Å². The summed E-state index contributed by atoms with van der Waals surface area (Å²) in [5.41, 5.74) is 0. The Morgan fingerprint density at radius 2 is 2.40 bits per heavy atom. The highest BCUT2D eigenvalue weighted by atomic mass is 16.5. The van der Waals surface area contributed by atoms with Gasteiger partial charge in [0.15, 0.2) is 0 Å². The lowest BCUT2D eigenvalue weighted by Crippen LogP contribution is -2.43. The van der Waals surface area contributed by atoms with Gasteiger partial charge in [0.25, 0.3) is 0 Å². The summed E-state index contributed by atoms with van der Waals surface area (Å²) in [6.07, 6.45) is 3.24. The summed E-state index contributed by atoms with van der Waals surface area (Å²) < 4.78 is 5.48. The van der Waals surface area contributed by atoms with Gasteiger partial charge in [-0.3, -0.25) is 4.79 Å². The molecular formula is C12H21NO2. The van der Waals surface area contributed by atoms with Crippen molar-refractivity contribution in [1.82, 2.24) is 4.90 Å². The van der Waals surface area contributed by atoms with E-state index in [0.717, 1.165) is 39.3 Å². The largest absolute Gasteiger partial charge is 0.381 e. The summed E-state index contributed by atoms with van der Waals surface area (Å²) in [5, 5.41) is 0. The fraction of sp³-hybridized carbons (Fsp3) is 0.917. The lowest BCUT2D eigenvalue weighted by Gasteiger charge is -2.34. The maximum atomic E-state index is 11.4. The van der Waals surface area contributed by atoms with E-state index in [9.17, 15) is 4.79 Å². The molecule has 0 aromatic rings. The van der Waals surface area contributed by atoms with E-state index < -0.39 is 0 Å². The Morgan fingerprint density at radius 3 is 3.07 bits per heavy atom. The van der Waals surface area contributed by atoms with Crippen LogP contribution in [0.4, 0.5) is 0 Å². The molecular weight excluding hydrogens is 190 g/mol. The van der Waals surface area contributed by atoms with E-state index in [-0.39, 0.29) is 5.92 Å². The molecule has 2 unspecified atom stereocenters. The monoisotopic (exact) mass is 211 g/mol. The first-order valence-electron chi connectivity index (χ1n) is 6.08. The highest BCUT2D eigenvalue weighted by Crippen LogP contribution is 2.18. The number of piperidine rings is 1.